The van der Waals surface area contributed by atoms with Crippen molar-refractivity contribution < 1.29 is 14.0 Å². The van der Waals surface area contributed by atoms with Crippen LogP contribution in [0.2, 0.25) is 0 Å². The van der Waals surface area contributed by atoms with Crippen LogP contribution in [0.1, 0.15) is 62.3 Å². The fourth-order valence-electron chi connectivity index (χ4n) is 4.39. The van der Waals surface area contributed by atoms with Crippen LogP contribution in [0.4, 0.5) is 10.2 Å². The summed E-state index contributed by atoms with van der Waals surface area (Å²) in [5.74, 6) is 0.277. The van der Waals surface area contributed by atoms with Gasteiger partial charge in [-0.1, -0.05) is 64.4 Å². The minimum Gasteiger partial charge on any atom is -0.354 e. The van der Waals surface area contributed by atoms with Crippen molar-refractivity contribution in [3.8, 4) is 5.69 Å². The van der Waals surface area contributed by atoms with E-state index in [-0.39, 0.29) is 46.5 Å². The van der Waals surface area contributed by atoms with E-state index in [2.05, 4.69) is 26.1 Å². The number of thioether (sulfide) groups is 1. The molecule has 1 aliphatic rings. The number of aromatic nitrogens is 2. The number of anilines is 1. The maximum absolute atomic E-state index is 14.4. The minimum atomic E-state index is -0.370. The molecule has 0 spiro atoms. The molecule has 196 valence electrons. The van der Waals surface area contributed by atoms with Gasteiger partial charge in [-0.05, 0) is 42.7 Å². The number of rotatable bonds is 6. The smallest absolute Gasteiger partial charge is 0.240 e. The molecule has 6 nitrogen and oxygen atoms in total. The summed E-state index contributed by atoms with van der Waals surface area (Å²) in [7, 11) is 0. The Balaban J connectivity index is 1.96. The number of aryl methyl sites for hydroxylation is 1. The number of amides is 2. The van der Waals surface area contributed by atoms with E-state index in [1.165, 1.54) is 23.9 Å². The lowest BCUT2D eigenvalue weighted by atomic mass is 9.87. The molecule has 0 aliphatic carbocycles. The lowest BCUT2D eigenvalue weighted by Crippen LogP contribution is -2.43. The number of benzene rings is 2. The Morgan fingerprint density at radius 2 is 1.89 bits per heavy atom. The number of carbonyl (C=O) groups excluding carboxylic acids is 2. The first-order valence-electron chi connectivity index (χ1n) is 12.6. The summed E-state index contributed by atoms with van der Waals surface area (Å²) in [4.78, 5) is 28.1. The Kier molecular flexibility index (Phi) is 7.78. The summed E-state index contributed by atoms with van der Waals surface area (Å²) in [6, 6.07) is 14.4. The van der Waals surface area contributed by atoms with E-state index in [0.717, 1.165) is 28.1 Å². The fraction of sp³-hybridized carbons (Fsp3) is 0.414. The summed E-state index contributed by atoms with van der Waals surface area (Å²) in [6.07, 6.45) is 0. The van der Waals surface area contributed by atoms with Gasteiger partial charge in [-0.25, -0.2) is 9.07 Å². The van der Waals surface area contributed by atoms with Gasteiger partial charge in [0, 0.05) is 17.5 Å². The molecule has 0 saturated carbocycles. The van der Waals surface area contributed by atoms with E-state index in [1.54, 1.807) is 15.6 Å². The topological polar surface area (TPSA) is 67.2 Å². The second-order valence-electron chi connectivity index (χ2n) is 11.0. The molecule has 2 amide bonds. The SMILES string of the molecule is Cc1ccc(-n2nc(C(C)(C)C)c3c2N(CC(=O)NCC(C)C)C(=O)CS[C@@H]3c2cccc(F)c2)cc1. The van der Waals surface area contributed by atoms with Gasteiger partial charge < -0.3 is 5.32 Å². The third-order valence-corrected chi connectivity index (χ3v) is 7.49. The summed E-state index contributed by atoms with van der Waals surface area (Å²) >= 11 is 1.44. The molecule has 1 atom stereocenters. The summed E-state index contributed by atoms with van der Waals surface area (Å²) in [5.41, 5.74) is 3.94. The van der Waals surface area contributed by atoms with Crippen LogP contribution >= 0.6 is 11.8 Å². The second kappa shape index (κ2) is 10.7. The molecule has 0 radical (unpaired) electrons. The number of hydrogen-bond donors (Lipinski definition) is 1. The fourth-order valence-corrected chi connectivity index (χ4v) is 5.58. The Morgan fingerprint density at radius 3 is 2.51 bits per heavy atom. The number of hydrogen-bond acceptors (Lipinski definition) is 4. The molecular formula is C29H35FN4O2S. The Hall–Kier alpha value is -3.13. The Labute approximate surface area is 222 Å². The van der Waals surface area contributed by atoms with Gasteiger partial charge in [-0.2, -0.15) is 5.10 Å². The number of fused-ring (bicyclic) bond motifs is 1. The number of halogens is 1. The van der Waals surface area contributed by atoms with E-state index in [9.17, 15) is 14.0 Å². The van der Waals surface area contributed by atoms with E-state index in [1.807, 2.05) is 51.1 Å². The molecule has 4 rings (SSSR count). The molecule has 2 heterocycles. The zero-order valence-electron chi connectivity index (χ0n) is 22.3. The minimum absolute atomic E-state index is 0.115. The molecule has 0 unspecified atom stereocenters. The maximum Gasteiger partial charge on any atom is 0.240 e. The average molecular weight is 523 g/mol. The molecule has 0 bridgehead atoms. The number of carbonyl (C=O) groups is 2. The van der Waals surface area contributed by atoms with Crippen LogP contribution in [0.3, 0.4) is 0 Å². The maximum atomic E-state index is 14.4. The van der Waals surface area contributed by atoms with Crippen molar-refractivity contribution in [1.29, 1.82) is 0 Å². The van der Waals surface area contributed by atoms with E-state index >= 15 is 0 Å². The van der Waals surface area contributed by atoms with Gasteiger partial charge in [0.1, 0.15) is 18.2 Å². The second-order valence-corrected chi connectivity index (χ2v) is 12.1. The molecule has 3 aromatic rings. The zero-order valence-corrected chi connectivity index (χ0v) is 23.2. The molecule has 2 aromatic carbocycles. The highest BCUT2D eigenvalue weighted by Crippen LogP contribution is 2.48. The molecule has 37 heavy (non-hydrogen) atoms. The van der Waals surface area contributed by atoms with E-state index in [4.69, 9.17) is 5.10 Å². The van der Waals surface area contributed by atoms with Gasteiger partial charge in [-0.15, -0.1) is 11.8 Å². The predicted molar refractivity (Wildman–Crippen MR) is 148 cm³/mol. The zero-order chi connectivity index (χ0) is 26.9. The Bertz CT molecular complexity index is 1290. The van der Waals surface area contributed by atoms with Crippen molar-refractivity contribution in [1.82, 2.24) is 15.1 Å². The van der Waals surface area contributed by atoms with Gasteiger partial charge in [0.05, 0.1) is 22.4 Å². The summed E-state index contributed by atoms with van der Waals surface area (Å²) in [5, 5.41) is 7.66. The molecule has 8 heteroatoms. The first-order chi connectivity index (χ1) is 17.5. The van der Waals surface area contributed by atoms with Gasteiger partial charge in [0.15, 0.2) is 0 Å². The van der Waals surface area contributed by atoms with Gasteiger partial charge in [-0.3, -0.25) is 14.5 Å². The van der Waals surface area contributed by atoms with Crippen molar-refractivity contribution in [3.05, 3.63) is 76.7 Å². The molecule has 0 fully saturated rings. The lowest BCUT2D eigenvalue weighted by Gasteiger charge is -2.24. The molecule has 1 aromatic heterocycles. The lowest BCUT2D eigenvalue weighted by molar-refractivity contribution is -0.123. The first-order valence-corrected chi connectivity index (χ1v) is 13.6. The van der Waals surface area contributed by atoms with Crippen molar-refractivity contribution in [3.63, 3.8) is 0 Å². The standard InChI is InChI=1S/C29H35FN4O2S/c1-18(2)15-31-23(35)16-33-24(36)17-37-26(20-8-7-9-21(30)14-20)25-27(29(4,5)6)32-34(28(25)33)22-12-10-19(3)11-13-22/h7-14,18,26H,15-17H2,1-6H3,(H,31,35)/t26-/m1/s1. The molecular weight excluding hydrogens is 487 g/mol. The van der Waals surface area contributed by atoms with Crippen molar-refractivity contribution in [2.24, 2.45) is 5.92 Å². The monoisotopic (exact) mass is 522 g/mol. The molecule has 0 saturated heterocycles. The summed E-state index contributed by atoms with van der Waals surface area (Å²) < 4.78 is 16.1. The van der Waals surface area contributed by atoms with Crippen LogP contribution in [-0.4, -0.2) is 40.4 Å². The normalized spacial score (nSPS) is 16.1. The average Bonchev–Trinajstić information content (AvgIpc) is 3.16. The highest BCUT2D eigenvalue weighted by atomic mass is 32.2. The van der Waals surface area contributed by atoms with Crippen molar-refractivity contribution in [2.75, 3.05) is 23.7 Å². The third kappa shape index (κ3) is 5.90. The first kappa shape index (κ1) is 26.9. The Morgan fingerprint density at radius 1 is 1.19 bits per heavy atom. The highest BCUT2D eigenvalue weighted by Gasteiger charge is 2.40. The van der Waals surface area contributed by atoms with Crippen LogP contribution in [0.15, 0.2) is 48.5 Å². The largest absolute Gasteiger partial charge is 0.354 e. The van der Waals surface area contributed by atoms with Gasteiger partial charge in [0.2, 0.25) is 11.8 Å². The molecule has 1 aliphatic heterocycles. The summed E-state index contributed by atoms with van der Waals surface area (Å²) in [6.45, 7) is 12.7. The van der Waals surface area contributed by atoms with Crippen LogP contribution in [0.25, 0.3) is 5.69 Å². The number of nitrogens with one attached hydrogen (secondary N) is 1. The van der Waals surface area contributed by atoms with Crippen LogP contribution in [-0.2, 0) is 15.0 Å². The number of nitrogens with zero attached hydrogens (tertiary/aromatic N) is 3. The van der Waals surface area contributed by atoms with Gasteiger partial charge >= 0.3 is 0 Å². The van der Waals surface area contributed by atoms with E-state index in [0.29, 0.717) is 12.4 Å². The van der Waals surface area contributed by atoms with E-state index < -0.39 is 0 Å². The third-order valence-electron chi connectivity index (χ3n) is 6.24. The molecule has 1 N–H and O–H groups in total. The highest BCUT2D eigenvalue weighted by molar-refractivity contribution is 8.00. The van der Waals surface area contributed by atoms with Crippen molar-refractivity contribution >= 4 is 29.4 Å². The van der Waals surface area contributed by atoms with Gasteiger partial charge in [0.25, 0.3) is 0 Å². The van der Waals surface area contributed by atoms with Crippen LogP contribution in [0.5, 0.6) is 0 Å². The van der Waals surface area contributed by atoms with Crippen LogP contribution in [0, 0.1) is 18.7 Å². The van der Waals surface area contributed by atoms with Crippen molar-refractivity contribution in [2.45, 2.75) is 52.2 Å². The van der Waals surface area contributed by atoms with Crippen LogP contribution < -0.4 is 10.2 Å². The quantitative estimate of drug-likeness (QED) is 0.460. The predicted octanol–water partition coefficient (Wildman–Crippen LogP) is 5.56.